The summed E-state index contributed by atoms with van der Waals surface area (Å²) in [6.07, 6.45) is -3.91. The molecule has 7 nitrogen and oxygen atoms in total. The Morgan fingerprint density at radius 1 is 1.12 bits per heavy atom. The van der Waals surface area contributed by atoms with Crippen LogP contribution in [0.5, 0.6) is 0 Å². The van der Waals surface area contributed by atoms with Crippen LogP contribution in [-0.2, 0) is 6.54 Å². The van der Waals surface area contributed by atoms with Crippen LogP contribution in [0.2, 0.25) is 5.02 Å². The van der Waals surface area contributed by atoms with Crippen molar-refractivity contribution in [1.82, 2.24) is 9.80 Å². The lowest BCUT2D eigenvalue weighted by atomic mass is 10.1. The van der Waals surface area contributed by atoms with E-state index in [0.717, 1.165) is 5.56 Å². The van der Waals surface area contributed by atoms with Crippen LogP contribution in [0.25, 0.3) is 0 Å². The van der Waals surface area contributed by atoms with Crippen LogP contribution >= 0.6 is 11.6 Å². The van der Waals surface area contributed by atoms with Gasteiger partial charge < -0.3 is 10.2 Å². The SMILES string of the molecule is O=C(c1ccc(NCc2ccccc2Cl)c([N+](=O)[O-])c1)N1CCCN(CC(F)(F)F)CC1. The van der Waals surface area contributed by atoms with Crippen molar-refractivity contribution in [3.8, 4) is 0 Å². The van der Waals surface area contributed by atoms with Gasteiger partial charge in [0.25, 0.3) is 11.6 Å². The van der Waals surface area contributed by atoms with E-state index in [9.17, 15) is 28.1 Å². The minimum Gasteiger partial charge on any atom is -0.375 e. The Bertz CT molecular complexity index is 987. The number of anilines is 1. The number of benzene rings is 2. The van der Waals surface area contributed by atoms with Crippen molar-refractivity contribution in [2.75, 3.05) is 38.0 Å². The van der Waals surface area contributed by atoms with Crippen molar-refractivity contribution in [3.05, 3.63) is 68.7 Å². The van der Waals surface area contributed by atoms with Gasteiger partial charge in [-0.3, -0.25) is 19.8 Å². The second-order valence-corrected chi connectivity index (χ2v) is 7.88. The standard InChI is InChI=1S/C21H22ClF3N4O3/c22-17-5-2-1-4-16(17)13-26-18-7-6-15(12-19(18)29(31)32)20(30)28-9-3-8-27(10-11-28)14-21(23,24)25/h1-2,4-7,12,26H,3,8-11,13-14H2. The van der Waals surface area contributed by atoms with E-state index in [4.69, 9.17) is 11.6 Å². The number of carbonyl (C=O) groups excluding carboxylic acids is 1. The van der Waals surface area contributed by atoms with Gasteiger partial charge in [0.2, 0.25) is 0 Å². The number of amides is 1. The number of halogens is 4. The van der Waals surface area contributed by atoms with Gasteiger partial charge in [-0.1, -0.05) is 29.8 Å². The molecule has 0 atom stereocenters. The first-order valence-corrected chi connectivity index (χ1v) is 10.4. The van der Waals surface area contributed by atoms with Crippen molar-refractivity contribution in [2.45, 2.75) is 19.1 Å². The minimum absolute atomic E-state index is 0.0881. The summed E-state index contributed by atoms with van der Waals surface area (Å²) >= 11 is 6.11. The molecular formula is C21H22ClF3N4O3. The second kappa shape index (κ2) is 10.2. The maximum Gasteiger partial charge on any atom is 0.401 e. The normalized spacial score (nSPS) is 15.3. The van der Waals surface area contributed by atoms with Crippen LogP contribution in [0.1, 0.15) is 22.3 Å². The number of rotatable bonds is 6. The number of nitro groups is 1. The molecule has 0 aliphatic carbocycles. The minimum atomic E-state index is -4.30. The Kier molecular flexibility index (Phi) is 7.57. The lowest BCUT2D eigenvalue weighted by Crippen LogP contribution is -2.38. The van der Waals surface area contributed by atoms with Gasteiger partial charge >= 0.3 is 6.18 Å². The Morgan fingerprint density at radius 2 is 1.88 bits per heavy atom. The summed E-state index contributed by atoms with van der Waals surface area (Å²) in [5.74, 6) is -0.445. The van der Waals surface area contributed by atoms with E-state index in [1.165, 1.54) is 28.0 Å². The van der Waals surface area contributed by atoms with E-state index in [-0.39, 0.29) is 49.7 Å². The molecule has 0 unspecified atom stereocenters. The van der Waals surface area contributed by atoms with Gasteiger partial charge in [0.15, 0.2) is 0 Å². The largest absolute Gasteiger partial charge is 0.401 e. The fourth-order valence-electron chi connectivity index (χ4n) is 3.57. The first-order valence-electron chi connectivity index (χ1n) is 9.98. The third-order valence-electron chi connectivity index (χ3n) is 5.15. The number of carbonyl (C=O) groups is 1. The van der Waals surface area contributed by atoms with E-state index in [1.54, 1.807) is 24.3 Å². The molecule has 32 heavy (non-hydrogen) atoms. The molecule has 3 rings (SSSR count). The molecule has 1 aliphatic heterocycles. The first-order chi connectivity index (χ1) is 15.1. The van der Waals surface area contributed by atoms with Gasteiger partial charge in [0.1, 0.15) is 5.69 Å². The quantitative estimate of drug-likeness (QED) is 0.494. The third-order valence-corrected chi connectivity index (χ3v) is 5.52. The summed E-state index contributed by atoms with van der Waals surface area (Å²) in [4.78, 5) is 26.6. The van der Waals surface area contributed by atoms with Crippen molar-refractivity contribution in [2.24, 2.45) is 0 Å². The molecule has 172 valence electrons. The summed E-state index contributed by atoms with van der Waals surface area (Å²) in [5, 5.41) is 15.1. The molecule has 1 saturated heterocycles. The monoisotopic (exact) mass is 470 g/mol. The first kappa shape index (κ1) is 23.8. The highest BCUT2D eigenvalue weighted by molar-refractivity contribution is 6.31. The zero-order chi connectivity index (χ0) is 23.3. The topological polar surface area (TPSA) is 78.7 Å². The number of nitrogens with zero attached hydrogens (tertiary/aromatic N) is 3. The Morgan fingerprint density at radius 3 is 2.56 bits per heavy atom. The molecule has 0 radical (unpaired) electrons. The summed E-state index contributed by atoms with van der Waals surface area (Å²) in [5.41, 5.74) is 0.843. The van der Waals surface area contributed by atoms with Gasteiger partial charge in [-0.25, -0.2) is 0 Å². The van der Waals surface area contributed by atoms with E-state index < -0.39 is 23.6 Å². The molecule has 1 amide bonds. The molecule has 0 spiro atoms. The maximum absolute atomic E-state index is 12.9. The Hall–Kier alpha value is -2.85. The lowest BCUT2D eigenvalue weighted by Gasteiger charge is -2.23. The average Bonchev–Trinajstić information content (AvgIpc) is 2.96. The van der Waals surface area contributed by atoms with Crippen molar-refractivity contribution in [1.29, 1.82) is 0 Å². The Labute approximate surface area is 187 Å². The van der Waals surface area contributed by atoms with Crippen LogP contribution in [0.3, 0.4) is 0 Å². The summed E-state index contributed by atoms with van der Waals surface area (Å²) in [7, 11) is 0. The van der Waals surface area contributed by atoms with Crippen LogP contribution in [0.15, 0.2) is 42.5 Å². The van der Waals surface area contributed by atoms with E-state index in [2.05, 4.69) is 5.32 Å². The third kappa shape index (κ3) is 6.33. The predicted octanol–water partition coefficient (Wildman–Crippen LogP) is 4.57. The van der Waals surface area contributed by atoms with Crippen molar-refractivity contribution >= 4 is 28.9 Å². The molecule has 11 heteroatoms. The summed E-state index contributed by atoms with van der Waals surface area (Å²) < 4.78 is 37.9. The zero-order valence-electron chi connectivity index (χ0n) is 17.1. The highest BCUT2D eigenvalue weighted by Crippen LogP contribution is 2.28. The molecule has 2 aromatic carbocycles. The predicted molar refractivity (Wildman–Crippen MR) is 115 cm³/mol. The number of nitrogens with one attached hydrogen (secondary N) is 1. The molecule has 1 heterocycles. The van der Waals surface area contributed by atoms with Crippen LogP contribution in [-0.4, -0.2) is 59.5 Å². The van der Waals surface area contributed by atoms with Gasteiger partial charge in [-0.05, 0) is 30.2 Å². The highest BCUT2D eigenvalue weighted by Gasteiger charge is 2.32. The molecule has 0 bridgehead atoms. The van der Waals surface area contributed by atoms with Gasteiger partial charge in [-0.15, -0.1) is 0 Å². The number of hydrogen-bond donors (Lipinski definition) is 1. The fourth-order valence-corrected chi connectivity index (χ4v) is 3.77. The van der Waals surface area contributed by atoms with Gasteiger partial charge in [0, 0.05) is 49.4 Å². The van der Waals surface area contributed by atoms with Crippen molar-refractivity contribution < 1.29 is 22.9 Å². The molecule has 0 aromatic heterocycles. The van der Waals surface area contributed by atoms with Crippen LogP contribution in [0, 0.1) is 10.1 Å². The maximum atomic E-state index is 12.9. The Balaban J connectivity index is 1.71. The summed E-state index contributed by atoms with van der Waals surface area (Å²) in [6.45, 7) is -0.0385. The van der Waals surface area contributed by atoms with E-state index in [1.807, 2.05) is 0 Å². The molecule has 1 aliphatic rings. The number of alkyl halides is 3. The van der Waals surface area contributed by atoms with Gasteiger partial charge in [0.05, 0.1) is 11.5 Å². The molecule has 0 saturated carbocycles. The molecular weight excluding hydrogens is 449 g/mol. The smallest absolute Gasteiger partial charge is 0.375 e. The molecule has 2 aromatic rings. The lowest BCUT2D eigenvalue weighted by molar-refractivity contribution is -0.384. The second-order valence-electron chi connectivity index (χ2n) is 7.47. The average molecular weight is 471 g/mol. The molecule has 1 fully saturated rings. The van der Waals surface area contributed by atoms with Crippen LogP contribution in [0.4, 0.5) is 24.5 Å². The van der Waals surface area contributed by atoms with Crippen molar-refractivity contribution in [3.63, 3.8) is 0 Å². The molecule has 1 N–H and O–H groups in total. The number of hydrogen-bond acceptors (Lipinski definition) is 5. The van der Waals surface area contributed by atoms with Gasteiger partial charge in [-0.2, -0.15) is 13.2 Å². The van der Waals surface area contributed by atoms with Crippen LogP contribution < -0.4 is 5.32 Å². The fraction of sp³-hybridized carbons (Fsp3) is 0.381. The van der Waals surface area contributed by atoms with E-state index >= 15 is 0 Å². The number of nitro benzene ring substituents is 1. The van der Waals surface area contributed by atoms with E-state index in [0.29, 0.717) is 11.4 Å². The zero-order valence-corrected chi connectivity index (χ0v) is 17.8. The summed E-state index contributed by atoms with van der Waals surface area (Å²) in [6, 6.07) is 11.2. The highest BCUT2D eigenvalue weighted by atomic mass is 35.5.